The van der Waals surface area contributed by atoms with Crippen LogP contribution in [0, 0.1) is 6.92 Å². The van der Waals surface area contributed by atoms with Gasteiger partial charge >= 0.3 is 0 Å². The molecule has 2 aromatic rings. The van der Waals surface area contributed by atoms with Gasteiger partial charge in [-0.2, -0.15) is 0 Å². The number of hydrogen-bond donors (Lipinski definition) is 2. The van der Waals surface area contributed by atoms with Crippen molar-refractivity contribution in [1.82, 2.24) is 0 Å². The summed E-state index contributed by atoms with van der Waals surface area (Å²) in [6.07, 6.45) is 0.125. The predicted octanol–water partition coefficient (Wildman–Crippen LogP) is 2.12. The fourth-order valence-electron chi connectivity index (χ4n) is 2.29. The molecule has 0 fully saturated rings. The van der Waals surface area contributed by atoms with Gasteiger partial charge in [-0.3, -0.25) is 4.79 Å². The lowest BCUT2D eigenvalue weighted by atomic mass is 10.2. The number of benzene rings is 2. The number of nitrogens with two attached hydrogens (primary N) is 1. The molecule has 3 N–H and O–H groups in total. The number of anilines is 2. The van der Waals surface area contributed by atoms with E-state index >= 15 is 0 Å². The van der Waals surface area contributed by atoms with E-state index in [2.05, 4.69) is 5.32 Å². The molecule has 0 bridgehead atoms. The molecule has 2 aromatic carbocycles. The summed E-state index contributed by atoms with van der Waals surface area (Å²) >= 11 is 0. The van der Waals surface area contributed by atoms with Gasteiger partial charge in [0.15, 0.2) is 0 Å². The van der Waals surface area contributed by atoms with E-state index in [9.17, 15) is 13.2 Å². The van der Waals surface area contributed by atoms with E-state index in [0.29, 0.717) is 17.1 Å². The zero-order valence-corrected chi connectivity index (χ0v) is 15.8. The van der Waals surface area contributed by atoms with Gasteiger partial charge in [-0.1, -0.05) is 17.7 Å². The Kier molecular flexibility index (Phi) is 6.23. The number of primary sulfonamides is 1. The minimum Gasteiger partial charge on any atom is -0.493 e. The molecule has 0 aromatic heterocycles. The molecule has 0 aliphatic heterocycles. The van der Waals surface area contributed by atoms with Crippen molar-refractivity contribution in [1.29, 1.82) is 0 Å². The van der Waals surface area contributed by atoms with E-state index in [-0.39, 0.29) is 23.8 Å². The summed E-state index contributed by atoms with van der Waals surface area (Å²) in [7, 11) is -0.267. The van der Waals surface area contributed by atoms with Crippen LogP contribution in [0.5, 0.6) is 5.75 Å². The number of aryl methyl sites for hydroxylation is 1. The van der Waals surface area contributed by atoms with Gasteiger partial charge < -0.3 is 15.0 Å². The number of nitrogens with one attached hydrogen (secondary N) is 1. The highest BCUT2D eigenvalue weighted by Crippen LogP contribution is 2.27. The van der Waals surface area contributed by atoms with Crippen LogP contribution < -0.4 is 20.1 Å². The monoisotopic (exact) mass is 377 g/mol. The average molecular weight is 377 g/mol. The van der Waals surface area contributed by atoms with Crippen molar-refractivity contribution in [2.75, 3.05) is 30.9 Å². The molecule has 0 radical (unpaired) electrons. The first-order valence-electron chi connectivity index (χ1n) is 8.00. The van der Waals surface area contributed by atoms with E-state index in [4.69, 9.17) is 9.88 Å². The van der Waals surface area contributed by atoms with Crippen LogP contribution in [0.25, 0.3) is 0 Å². The normalized spacial score (nSPS) is 11.1. The molecule has 0 aliphatic carbocycles. The molecule has 0 heterocycles. The van der Waals surface area contributed by atoms with E-state index in [1.165, 1.54) is 12.1 Å². The predicted molar refractivity (Wildman–Crippen MR) is 102 cm³/mol. The Hall–Kier alpha value is -2.58. The molecular weight excluding hydrogens is 354 g/mol. The van der Waals surface area contributed by atoms with Crippen LogP contribution in [-0.2, 0) is 14.8 Å². The van der Waals surface area contributed by atoms with Crippen molar-refractivity contribution in [3.8, 4) is 5.75 Å². The molecule has 0 spiro atoms. The number of carbonyl (C=O) groups excluding carboxylic acids is 1. The van der Waals surface area contributed by atoms with E-state index in [0.717, 1.165) is 5.56 Å². The molecular formula is C18H23N3O4S. The van der Waals surface area contributed by atoms with Crippen LogP contribution in [0.3, 0.4) is 0 Å². The molecule has 8 heteroatoms. The number of ether oxygens (including phenoxy) is 1. The van der Waals surface area contributed by atoms with Crippen molar-refractivity contribution in [2.24, 2.45) is 5.14 Å². The Bertz CT molecular complexity index is 878. The first-order valence-corrected chi connectivity index (χ1v) is 9.55. The lowest BCUT2D eigenvalue weighted by molar-refractivity contribution is -0.116. The van der Waals surface area contributed by atoms with Gasteiger partial charge in [-0.15, -0.1) is 0 Å². The third kappa shape index (κ3) is 5.47. The summed E-state index contributed by atoms with van der Waals surface area (Å²) < 4.78 is 28.6. The third-order valence-electron chi connectivity index (χ3n) is 3.67. The molecule has 0 atom stereocenters. The second kappa shape index (κ2) is 8.20. The summed E-state index contributed by atoms with van der Waals surface area (Å²) in [4.78, 5) is 13.9. The highest BCUT2D eigenvalue weighted by Gasteiger charge is 2.14. The van der Waals surface area contributed by atoms with Gasteiger partial charge in [-0.05, 0) is 37.3 Å². The molecule has 140 valence electrons. The van der Waals surface area contributed by atoms with Gasteiger partial charge in [0.1, 0.15) is 5.75 Å². The molecule has 2 rings (SSSR count). The van der Waals surface area contributed by atoms with Crippen molar-refractivity contribution in [3.63, 3.8) is 0 Å². The quantitative estimate of drug-likeness (QED) is 0.769. The van der Waals surface area contributed by atoms with Gasteiger partial charge in [0, 0.05) is 14.1 Å². The number of nitrogens with zero attached hydrogens (tertiary/aromatic N) is 1. The molecule has 0 aliphatic rings. The SMILES string of the molecule is Cc1ccc(OCCC(=O)Nc2cc(S(N)(=O)=O)ccc2N(C)C)cc1. The zero-order chi connectivity index (χ0) is 19.3. The van der Waals surface area contributed by atoms with Crippen LogP contribution in [0.15, 0.2) is 47.4 Å². The van der Waals surface area contributed by atoms with Crippen LogP contribution in [0.2, 0.25) is 0 Å². The third-order valence-corrected chi connectivity index (χ3v) is 4.58. The summed E-state index contributed by atoms with van der Waals surface area (Å²) in [6, 6.07) is 11.9. The summed E-state index contributed by atoms with van der Waals surface area (Å²) in [5.41, 5.74) is 2.17. The molecule has 0 saturated heterocycles. The van der Waals surface area contributed by atoms with Crippen LogP contribution in [0.1, 0.15) is 12.0 Å². The van der Waals surface area contributed by atoms with Crippen LogP contribution in [0.4, 0.5) is 11.4 Å². The Morgan fingerprint density at radius 3 is 2.38 bits per heavy atom. The molecule has 26 heavy (non-hydrogen) atoms. The Balaban J connectivity index is 2.03. The summed E-state index contributed by atoms with van der Waals surface area (Å²) in [6.45, 7) is 2.19. The standard InChI is InChI=1S/C18H23N3O4S/c1-13-4-6-14(7-5-13)25-11-10-18(22)20-16-12-15(26(19,23)24)8-9-17(16)21(2)3/h4-9,12H,10-11H2,1-3H3,(H,20,22)(H2,19,23,24). The van der Waals surface area contributed by atoms with Crippen molar-refractivity contribution in [3.05, 3.63) is 48.0 Å². The molecule has 0 saturated carbocycles. The smallest absolute Gasteiger partial charge is 0.238 e. The maximum atomic E-state index is 12.2. The van der Waals surface area contributed by atoms with Crippen molar-refractivity contribution in [2.45, 2.75) is 18.2 Å². The maximum Gasteiger partial charge on any atom is 0.238 e. The highest BCUT2D eigenvalue weighted by molar-refractivity contribution is 7.89. The minimum atomic E-state index is -3.85. The topological polar surface area (TPSA) is 102 Å². The van der Waals surface area contributed by atoms with E-state index in [1.807, 2.05) is 31.2 Å². The summed E-state index contributed by atoms with van der Waals surface area (Å²) in [5, 5.41) is 7.88. The highest BCUT2D eigenvalue weighted by atomic mass is 32.2. The number of hydrogen-bond acceptors (Lipinski definition) is 5. The first kappa shape index (κ1) is 19.7. The Labute approximate surface area is 153 Å². The fourth-order valence-corrected chi connectivity index (χ4v) is 2.83. The second-order valence-electron chi connectivity index (χ2n) is 6.08. The average Bonchev–Trinajstić information content (AvgIpc) is 2.55. The zero-order valence-electron chi connectivity index (χ0n) is 15.0. The number of rotatable bonds is 7. The van der Waals surface area contributed by atoms with E-state index in [1.54, 1.807) is 25.1 Å². The number of amides is 1. The Morgan fingerprint density at radius 1 is 1.15 bits per heavy atom. The van der Waals surface area contributed by atoms with Crippen molar-refractivity contribution >= 4 is 27.3 Å². The Morgan fingerprint density at radius 2 is 1.81 bits per heavy atom. The molecule has 0 unspecified atom stereocenters. The van der Waals surface area contributed by atoms with Crippen LogP contribution in [-0.4, -0.2) is 35.0 Å². The molecule has 7 nitrogen and oxygen atoms in total. The maximum absolute atomic E-state index is 12.2. The van der Waals surface area contributed by atoms with Gasteiger partial charge in [0.05, 0.1) is 29.3 Å². The van der Waals surface area contributed by atoms with Gasteiger partial charge in [0.25, 0.3) is 0 Å². The first-order chi connectivity index (χ1) is 12.2. The number of carbonyl (C=O) groups is 1. The minimum absolute atomic E-state index is 0.0608. The largest absolute Gasteiger partial charge is 0.493 e. The lowest BCUT2D eigenvalue weighted by Crippen LogP contribution is -2.20. The molecule has 1 amide bonds. The van der Waals surface area contributed by atoms with E-state index < -0.39 is 10.0 Å². The second-order valence-corrected chi connectivity index (χ2v) is 7.64. The van der Waals surface area contributed by atoms with Gasteiger partial charge in [-0.25, -0.2) is 13.6 Å². The fraction of sp³-hybridized carbons (Fsp3) is 0.278. The van der Waals surface area contributed by atoms with Crippen molar-refractivity contribution < 1.29 is 17.9 Å². The van der Waals surface area contributed by atoms with Gasteiger partial charge in [0.2, 0.25) is 15.9 Å². The van der Waals surface area contributed by atoms with Crippen LogP contribution >= 0.6 is 0 Å². The lowest BCUT2D eigenvalue weighted by Gasteiger charge is -2.19. The summed E-state index contributed by atoms with van der Waals surface area (Å²) in [5.74, 6) is 0.403. The number of sulfonamides is 1.